The van der Waals surface area contributed by atoms with Crippen molar-refractivity contribution in [1.82, 2.24) is 10.3 Å². The van der Waals surface area contributed by atoms with Crippen LogP contribution in [-0.2, 0) is 11.2 Å². The summed E-state index contributed by atoms with van der Waals surface area (Å²) >= 11 is 13.3. The largest absolute Gasteiger partial charge is 0.484 e. The first-order chi connectivity index (χ1) is 10.0. The molecule has 0 saturated carbocycles. The van der Waals surface area contributed by atoms with Crippen LogP contribution >= 0.6 is 34.5 Å². The fourth-order valence-electron chi connectivity index (χ4n) is 1.62. The molecule has 7 heteroatoms. The Labute approximate surface area is 137 Å². The molecule has 0 aliphatic rings. The molecule has 4 nitrogen and oxygen atoms in total. The number of rotatable bonds is 6. The number of nitrogens with zero attached hydrogens (tertiary/aromatic N) is 1. The van der Waals surface area contributed by atoms with Crippen LogP contribution in [-0.4, -0.2) is 24.0 Å². The number of nitrogens with one attached hydrogen (secondary N) is 1. The zero-order chi connectivity index (χ0) is 15.2. The normalized spacial score (nSPS) is 10.4. The van der Waals surface area contributed by atoms with Crippen LogP contribution in [0.3, 0.4) is 0 Å². The molecule has 0 bridgehead atoms. The van der Waals surface area contributed by atoms with Gasteiger partial charge >= 0.3 is 0 Å². The van der Waals surface area contributed by atoms with Gasteiger partial charge in [0.05, 0.1) is 20.7 Å². The van der Waals surface area contributed by atoms with Crippen molar-refractivity contribution in [3.8, 4) is 5.75 Å². The Balaban J connectivity index is 1.70. The zero-order valence-electron chi connectivity index (χ0n) is 11.4. The van der Waals surface area contributed by atoms with Gasteiger partial charge in [-0.15, -0.1) is 11.3 Å². The molecule has 1 aromatic heterocycles. The highest BCUT2D eigenvalue weighted by Gasteiger charge is 2.05. The molecule has 0 aliphatic heterocycles. The molecule has 2 rings (SSSR count). The second-order valence-electron chi connectivity index (χ2n) is 4.32. The van der Waals surface area contributed by atoms with E-state index in [1.165, 1.54) is 0 Å². The van der Waals surface area contributed by atoms with Gasteiger partial charge in [-0.3, -0.25) is 4.79 Å². The van der Waals surface area contributed by atoms with Crippen LogP contribution in [0.15, 0.2) is 23.6 Å². The second kappa shape index (κ2) is 7.64. The van der Waals surface area contributed by atoms with Gasteiger partial charge in [0.15, 0.2) is 6.61 Å². The van der Waals surface area contributed by atoms with Crippen LogP contribution in [0, 0.1) is 6.92 Å². The Hall–Kier alpha value is -1.30. The molecule has 1 aromatic carbocycles. The Morgan fingerprint density at radius 1 is 1.38 bits per heavy atom. The Morgan fingerprint density at radius 2 is 2.19 bits per heavy atom. The summed E-state index contributed by atoms with van der Waals surface area (Å²) < 4.78 is 5.34. The maximum atomic E-state index is 11.7. The fraction of sp³-hybridized carbons (Fsp3) is 0.286. The minimum atomic E-state index is -0.187. The van der Waals surface area contributed by atoms with E-state index in [9.17, 15) is 4.79 Å². The van der Waals surface area contributed by atoms with E-state index in [0.717, 1.165) is 10.7 Å². The second-order valence-corrected chi connectivity index (χ2v) is 6.20. The van der Waals surface area contributed by atoms with Gasteiger partial charge < -0.3 is 10.1 Å². The minimum Gasteiger partial charge on any atom is -0.484 e. The lowest BCUT2D eigenvalue weighted by Gasteiger charge is -2.07. The maximum Gasteiger partial charge on any atom is 0.257 e. The van der Waals surface area contributed by atoms with Gasteiger partial charge in [0, 0.05) is 24.4 Å². The molecule has 0 atom stereocenters. The third kappa shape index (κ3) is 5.19. The number of ether oxygens (including phenoxy) is 1. The predicted octanol–water partition coefficient (Wildman–Crippen LogP) is 3.50. The molecular formula is C14H14Cl2N2O2S. The minimum absolute atomic E-state index is 0.0615. The molecule has 0 saturated heterocycles. The lowest BCUT2D eigenvalue weighted by atomic mass is 10.3. The first-order valence-corrected chi connectivity index (χ1v) is 7.93. The van der Waals surface area contributed by atoms with Gasteiger partial charge in [-0.25, -0.2) is 4.98 Å². The number of hydrogen-bond acceptors (Lipinski definition) is 4. The van der Waals surface area contributed by atoms with E-state index in [-0.39, 0.29) is 12.5 Å². The van der Waals surface area contributed by atoms with Gasteiger partial charge in [0.1, 0.15) is 5.75 Å². The average Bonchev–Trinajstić information content (AvgIpc) is 2.86. The third-order valence-corrected chi connectivity index (χ3v) is 4.19. The Bertz CT molecular complexity index is 631. The lowest BCUT2D eigenvalue weighted by molar-refractivity contribution is -0.123. The summed E-state index contributed by atoms with van der Waals surface area (Å²) in [5.41, 5.74) is 0.989. The molecule has 2 aromatic rings. The molecule has 0 radical (unpaired) electrons. The molecule has 112 valence electrons. The van der Waals surface area contributed by atoms with Crippen molar-refractivity contribution in [2.75, 3.05) is 13.2 Å². The van der Waals surface area contributed by atoms with Crippen LogP contribution in [0.2, 0.25) is 10.0 Å². The average molecular weight is 345 g/mol. The van der Waals surface area contributed by atoms with Crippen molar-refractivity contribution in [3.63, 3.8) is 0 Å². The predicted molar refractivity (Wildman–Crippen MR) is 85.5 cm³/mol. The van der Waals surface area contributed by atoms with E-state index >= 15 is 0 Å². The van der Waals surface area contributed by atoms with Crippen molar-refractivity contribution in [2.45, 2.75) is 13.3 Å². The number of aryl methyl sites for hydroxylation is 1. The van der Waals surface area contributed by atoms with Crippen molar-refractivity contribution >= 4 is 40.4 Å². The number of thiazole rings is 1. The number of aromatic nitrogens is 1. The number of hydrogen-bond donors (Lipinski definition) is 1. The van der Waals surface area contributed by atoms with Crippen LogP contribution in [0.25, 0.3) is 0 Å². The van der Waals surface area contributed by atoms with Crippen molar-refractivity contribution in [3.05, 3.63) is 44.3 Å². The van der Waals surface area contributed by atoms with Crippen molar-refractivity contribution in [1.29, 1.82) is 0 Å². The summed E-state index contributed by atoms with van der Waals surface area (Å²) in [6, 6.07) is 4.87. The van der Waals surface area contributed by atoms with E-state index in [0.29, 0.717) is 28.8 Å². The Morgan fingerprint density at radius 3 is 2.86 bits per heavy atom. The monoisotopic (exact) mass is 344 g/mol. The highest BCUT2D eigenvalue weighted by Crippen LogP contribution is 2.26. The molecular weight excluding hydrogens is 331 g/mol. The van der Waals surface area contributed by atoms with E-state index < -0.39 is 0 Å². The highest BCUT2D eigenvalue weighted by atomic mass is 35.5. The molecule has 0 unspecified atom stereocenters. The SMILES string of the molecule is Cc1nc(CCNC(=O)COc2ccc(Cl)c(Cl)c2)cs1. The van der Waals surface area contributed by atoms with Crippen molar-refractivity contribution in [2.24, 2.45) is 0 Å². The van der Waals surface area contributed by atoms with E-state index in [1.54, 1.807) is 29.5 Å². The summed E-state index contributed by atoms with van der Waals surface area (Å²) in [5.74, 6) is 0.322. The van der Waals surface area contributed by atoms with Crippen LogP contribution in [0.4, 0.5) is 0 Å². The molecule has 0 fully saturated rings. The quantitative estimate of drug-likeness (QED) is 0.872. The molecule has 21 heavy (non-hydrogen) atoms. The van der Waals surface area contributed by atoms with Crippen LogP contribution in [0.5, 0.6) is 5.75 Å². The zero-order valence-corrected chi connectivity index (χ0v) is 13.7. The summed E-state index contributed by atoms with van der Waals surface area (Å²) in [6.07, 6.45) is 0.711. The van der Waals surface area contributed by atoms with Gasteiger partial charge in [0.2, 0.25) is 0 Å². The molecule has 0 aliphatic carbocycles. The molecule has 1 heterocycles. The fourth-order valence-corrected chi connectivity index (χ4v) is 2.55. The van der Waals surface area contributed by atoms with Crippen LogP contribution < -0.4 is 10.1 Å². The topological polar surface area (TPSA) is 51.2 Å². The molecule has 1 amide bonds. The summed E-state index contributed by atoms with van der Waals surface area (Å²) in [6.45, 7) is 2.43. The van der Waals surface area contributed by atoms with Gasteiger partial charge in [-0.2, -0.15) is 0 Å². The van der Waals surface area contributed by atoms with Gasteiger partial charge in [-0.05, 0) is 19.1 Å². The van der Waals surface area contributed by atoms with Crippen molar-refractivity contribution < 1.29 is 9.53 Å². The van der Waals surface area contributed by atoms with E-state index in [2.05, 4.69) is 10.3 Å². The lowest BCUT2D eigenvalue weighted by Crippen LogP contribution is -2.30. The molecule has 0 spiro atoms. The number of amides is 1. The number of carbonyl (C=O) groups is 1. The first kappa shape index (κ1) is 16.1. The standard InChI is InChI=1S/C14H14Cl2N2O2S/c1-9-18-10(8-21-9)4-5-17-14(19)7-20-11-2-3-12(15)13(16)6-11/h2-3,6,8H,4-5,7H2,1H3,(H,17,19). The summed E-state index contributed by atoms with van der Waals surface area (Å²) in [5, 5.41) is 6.65. The summed E-state index contributed by atoms with van der Waals surface area (Å²) in [4.78, 5) is 16.0. The smallest absolute Gasteiger partial charge is 0.257 e. The van der Waals surface area contributed by atoms with Gasteiger partial charge in [0.25, 0.3) is 5.91 Å². The van der Waals surface area contributed by atoms with Crippen LogP contribution in [0.1, 0.15) is 10.7 Å². The maximum absolute atomic E-state index is 11.7. The van der Waals surface area contributed by atoms with E-state index in [4.69, 9.17) is 27.9 Å². The first-order valence-electron chi connectivity index (χ1n) is 6.30. The number of benzene rings is 1. The van der Waals surface area contributed by atoms with Gasteiger partial charge in [-0.1, -0.05) is 23.2 Å². The summed E-state index contributed by atoms with van der Waals surface area (Å²) in [7, 11) is 0. The number of carbonyl (C=O) groups excluding carboxylic acids is 1. The number of halogens is 2. The Kier molecular flexibility index (Phi) is 5.85. The third-order valence-electron chi connectivity index (χ3n) is 2.63. The highest BCUT2D eigenvalue weighted by molar-refractivity contribution is 7.09. The molecule has 1 N–H and O–H groups in total. The van der Waals surface area contributed by atoms with E-state index in [1.807, 2.05) is 12.3 Å².